The van der Waals surface area contributed by atoms with Gasteiger partial charge in [-0.3, -0.25) is 14.4 Å². The number of rotatable bonds is 38. The van der Waals surface area contributed by atoms with E-state index in [0.29, 0.717) is 85.5 Å². The highest BCUT2D eigenvalue weighted by Gasteiger charge is 2.05. The van der Waals surface area contributed by atoms with E-state index in [-0.39, 0.29) is 31.3 Å². The quantitative estimate of drug-likeness (QED) is 0.0577. The molecule has 272 valence electrons. The van der Waals surface area contributed by atoms with Gasteiger partial charge in [-0.1, -0.05) is 96.8 Å². The molecular weight excluding hydrogens is 594 g/mol. The molecule has 0 aliphatic carbocycles. The summed E-state index contributed by atoms with van der Waals surface area (Å²) in [5.41, 5.74) is 0. The Bertz CT molecular complexity index is 680. The third-order valence-electron chi connectivity index (χ3n) is 7.32. The second kappa shape index (κ2) is 37.7. The number of aliphatic carboxylic acids is 1. The molecule has 11 nitrogen and oxygen atoms in total. The number of esters is 1. The van der Waals surface area contributed by atoms with Crippen molar-refractivity contribution in [3.05, 3.63) is 0 Å². The molecule has 0 aliphatic heterocycles. The van der Waals surface area contributed by atoms with E-state index >= 15 is 0 Å². The smallest absolute Gasteiger partial charge is 0.305 e. The largest absolute Gasteiger partial charge is 0.481 e. The highest BCUT2D eigenvalue weighted by molar-refractivity contribution is 5.80. The van der Waals surface area contributed by atoms with Gasteiger partial charge in [0.25, 0.3) is 0 Å². The average Bonchev–Trinajstić information content (AvgIpc) is 3.04. The van der Waals surface area contributed by atoms with E-state index in [1.165, 1.54) is 83.5 Å². The molecule has 0 rings (SSSR count). The molecule has 0 saturated carbocycles. The molecule has 0 unspecified atom stereocenters. The molecule has 0 radical (unpaired) electrons. The van der Waals surface area contributed by atoms with Crippen molar-refractivity contribution in [1.82, 2.24) is 5.32 Å². The number of carboxylic acid groups (broad SMARTS) is 1. The summed E-state index contributed by atoms with van der Waals surface area (Å²) in [6, 6.07) is 0. The zero-order valence-electron chi connectivity index (χ0n) is 29.0. The van der Waals surface area contributed by atoms with Crippen LogP contribution >= 0.6 is 0 Å². The van der Waals surface area contributed by atoms with E-state index < -0.39 is 5.97 Å². The van der Waals surface area contributed by atoms with E-state index in [1.54, 1.807) is 0 Å². The van der Waals surface area contributed by atoms with Gasteiger partial charge in [0.2, 0.25) is 5.91 Å². The topological polar surface area (TPSA) is 139 Å². The van der Waals surface area contributed by atoms with Crippen LogP contribution in [0.15, 0.2) is 0 Å². The Morgan fingerprint density at radius 3 is 1.28 bits per heavy atom. The molecule has 11 heteroatoms. The van der Waals surface area contributed by atoms with Crippen LogP contribution in [-0.2, 0) is 42.8 Å². The fraction of sp³-hybridized carbons (Fsp3) is 0.914. The third-order valence-corrected chi connectivity index (χ3v) is 7.32. The van der Waals surface area contributed by atoms with Crippen molar-refractivity contribution >= 4 is 17.8 Å². The van der Waals surface area contributed by atoms with Crippen molar-refractivity contribution in [2.75, 3.05) is 79.2 Å². The number of carboxylic acids is 1. The van der Waals surface area contributed by atoms with Crippen LogP contribution in [0.1, 0.15) is 129 Å². The molecule has 2 N–H and O–H groups in total. The lowest BCUT2D eigenvalue weighted by atomic mass is 10.0. The number of nitrogens with one attached hydrogen (secondary N) is 1. The standard InChI is InChI=1S/C35H67NO10/c1-2-3-4-5-6-7-8-9-10-11-12-13-14-15-16-18-35(40)46-32-31-45-30-29-44-28-27-43-26-25-42-24-23-41-22-17-21-36-33(37)19-20-34(38)39/h2-32H2,1H3,(H,36,37)(H,38,39). The zero-order valence-corrected chi connectivity index (χ0v) is 29.0. The Kier molecular flexibility index (Phi) is 36.2. The Balaban J connectivity index is 3.18. The SMILES string of the molecule is CCCCCCCCCCCCCCCCCC(=O)OCCOCCOCCOCCOCCOCCCNC(=O)CCC(=O)O. The number of carbonyl (C=O) groups is 3. The first kappa shape index (κ1) is 44.2. The summed E-state index contributed by atoms with van der Waals surface area (Å²) in [6.45, 7) is 7.53. The summed E-state index contributed by atoms with van der Waals surface area (Å²) in [5, 5.41) is 11.2. The monoisotopic (exact) mass is 661 g/mol. The van der Waals surface area contributed by atoms with Crippen LogP contribution in [0.5, 0.6) is 0 Å². The number of hydrogen-bond donors (Lipinski definition) is 2. The van der Waals surface area contributed by atoms with Crippen LogP contribution in [-0.4, -0.2) is 102 Å². The molecule has 0 aromatic rings. The van der Waals surface area contributed by atoms with Gasteiger partial charge in [-0.2, -0.15) is 0 Å². The van der Waals surface area contributed by atoms with Gasteiger partial charge < -0.3 is 38.8 Å². The van der Waals surface area contributed by atoms with Gasteiger partial charge in [0, 0.05) is 26.0 Å². The Morgan fingerprint density at radius 2 is 0.848 bits per heavy atom. The number of hydrogen-bond acceptors (Lipinski definition) is 9. The molecule has 0 heterocycles. The summed E-state index contributed by atoms with van der Waals surface area (Å²) in [6.07, 6.45) is 20.6. The summed E-state index contributed by atoms with van der Waals surface area (Å²) in [4.78, 5) is 33.6. The van der Waals surface area contributed by atoms with E-state index in [0.717, 1.165) is 12.8 Å². The molecule has 0 aliphatic rings. The van der Waals surface area contributed by atoms with Crippen LogP contribution < -0.4 is 5.32 Å². The maximum absolute atomic E-state index is 11.9. The molecule has 46 heavy (non-hydrogen) atoms. The van der Waals surface area contributed by atoms with Crippen molar-refractivity contribution in [1.29, 1.82) is 0 Å². The number of unbranched alkanes of at least 4 members (excludes halogenated alkanes) is 14. The summed E-state index contributed by atoms with van der Waals surface area (Å²) < 4.78 is 32.4. The van der Waals surface area contributed by atoms with Crippen LogP contribution in [0.25, 0.3) is 0 Å². The molecule has 0 fully saturated rings. The normalized spacial score (nSPS) is 11.2. The number of ether oxygens (including phenoxy) is 6. The van der Waals surface area contributed by atoms with E-state index in [9.17, 15) is 14.4 Å². The molecular formula is C35H67NO10. The lowest BCUT2D eigenvalue weighted by Crippen LogP contribution is -2.25. The maximum Gasteiger partial charge on any atom is 0.305 e. The molecule has 1 amide bonds. The minimum absolute atomic E-state index is 0.00772. The minimum Gasteiger partial charge on any atom is -0.481 e. The zero-order chi connectivity index (χ0) is 33.6. The second-order valence-corrected chi connectivity index (χ2v) is 11.6. The molecule has 0 aromatic heterocycles. The van der Waals surface area contributed by atoms with Gasteiger partial charge in [-0.25, -0.2) is 0 Å². The van der Waals surface area contributed by atoms with Crippen molar-refractivity contribution < 1.29 is 47.9 Å². The van der Waals surface area contributed by atoms with E-state index in [2.05, 4.69) is 12.2 Å². The predicted molar refractivity (Wildman–Crippen MR) is 179 cm³/mol. The van der Waals surface area contributed by atoms with Crippen LogP contribution in [0, 0.1) is 0 Å². The van der Waals surface area contributed by atoms with Crippen molar-refractivity contribution in [3.8, 4) is 0 Å². The minimum atomic E-state index is -0.980. The highest BCUT2D eigenvalue weighted by Crippen LogP contribution is 2.13. The van der Waals surface area contributed by atoms with Gasteiger partial charge in [0.15, 0.2) is 0 Å². The highest BCUT2D eigenvalue weighted by atomic mass is 16.6. The molecule has 0 saturated heterocycles. The molecule has 0 bridgehead atoms. The average molecular weight is 662 g/mol. The molecule has 0 atom stereocenters. The first-order valence-corrected chi connectivity index (χ1v) is 18.1. The maximum atomic E-state index is 11.9. The van der Waals surface area contributed by atoms with Crippen molar-refractivity contribution in [2.24, 2.45) is 0 Å². The molecule has 0 aromatic carbocycles. The number of amides is 1. The van der Waals surface area contributed by atoms with Gasteiger partial charge in [-0.05, 0) is 12.8 Å². The third kappa shape index (κ3) is 38.4. The van der Waals surface area contributed by atoms with Crippen molar-refractivity contribution in [2.45, 2.75) is 129 Å². The number of carbonyl (C=O) groups excluding carboxylic acids is 2. The summed E-state index contributed by atoms with van der Waals surface area (Å²) >= 11 is 0. The van der Waals surface area contributed by atoms with Crippen LogP contribution in [0.4, 0.5) is 0 Å². The van der Waals surface area contributed by atoms with E-state index in [4.69, 9.17) is 33.5 Å². The van der Waals surface area contributed by atoms with Crippen LogP contribution in [0.2, 0.25) is 0 Å². The van der Waals surface area contributed by atoms with Gasteiger partial charge in [0.1, 0.15) is 6.61 Å². The lowest BCUT2D eigenvalue weighted by Gasteiger charge is -2.08. The summed E-state index contributed by atoms with van der Waals surface area (Å²) in [7, 11) is 0. The fourth-order valence-electron chi connectivity index (χ4n) is 4.62. The first-order valence-electron chi connectivity index (χ1n) is 18.1. The Morgan fingerprint density at radius 1 is 0.457 bits per heavy atom. The second-order valence-electron chi connectivity index (χ2n) is 11.6. The van der Waals surface area contributed by atoms with Gasteiger partial charge in [-0.15, -0.1) is 0 Å². The first-order chi connectivity index (χ1) is 22.6. The van der Waals surface area contributed by atoms with Gasteiger partial charge in [0.05, 0.1) is 65.9 Å². The lowest BCUT2D eigenvalue weighted by molar-refractivity contribution is -0.145. The van der Waals surface area contributed by atoms with Gasteiger partial charge >= 0.3 is 11.9 Å². The van der Waals surface area contributed by atoms with Crippen LogP contribution in [0.3, 0.4) is 0 Å². The fourth-order valence-corrected chi connectivity index (χ4v) is 4.62. The Labute approximate surface area is 279 Å². The van der Waals surface area contributed by atoms with Crippen molar-refractivity contribution in [3.63, 3.8) is 0 Å². The summed E-state index contributed by atoms with van der Waals surface area (Å²) in [5.74, 6) is -1.39. The molecule has 0 spiro atoms. The Hall–Kier alpha value is -1.79. The predicted octanol–water partition coefficient (Wildman–Crippen LogP) is 6.25. The van der Waals surface area contributed by atoms with E-state index in [1.807, 2.05) is 0 Å².